The fourth-order valence-corrected chi connectivity index (χ4v) is 0.950. The minimum Gasteiger partial charge on any atom is -0.444 e. The van der Waals surface area contributed by atoms with Crippen LogP contribution in [0.5, 0.6) is 0 Å². The molecule has 0 saturated carbocycles. The van der Waals surface area contributed by atoms with Crippen LogP contribution in [0, 0.1) is 0 Å². The first kappa shape index (κ1) is 13.0. The minimum absolute atomic E-state index is 0.201. The quantitative estimate of drug-likeness (QED) is 0.445. The van der Waals surface area contributed by atoms with Gasteiger partial charge >= 0.3 is 6.09 Å². The van der Waals surface area contributed by atoms with Gasteiger partial charge in [0.2, 0.25) is 0 Å². The number of carbonyl (C=O) groups is 1. The van der Waals surface area contributed by atoms with Crippen molar-refractivity contribution in [3.63, 3.8) is 0 Å². The Labute approximate surface area is 94.0 Å². The second-order valence-corrected chi connectivity index (χ2v) is 5.37. The topological polar surface area (TPSA) is 29.5 Å². The molecule has 0 rings (SSSR count). The van der Waals surface area contributed by atoms with Crippen LogP contribution < -0.4 is 0 Å². The number of carbonyl (C=O) groups excluding carboxylic acids is 1. The van der Waals surface area contributed by atoms with Gasteiger partial charge < -0.3 is 4.74 Å². The molecule has 0 radical (unpaired) electrons. The van der Waals surface area contributed by atoms with Crippen molar-refractivity contribution in [2.75, 3.05) is 7.05 Å². The number of alkyl halides is 1. The number of amides is 1. The van der Waals surface area contributed by atoms with Crippen LogP contribution in [0.4, 0.5) is 4.79 Å². The van der Waals surface area contributed by atoms with E-state index in [2.05, 4.69) is 22.6 Å². The predicted molar refractivity (Wildman–Crippen MR) is 62.1 cm³/mol. The summed E-state index contributed by atoms with van der Waals surface area (Å²) >= 11 is 2.22. The molecule has 13 heavy (non-hydrogen) atoms. The van der Waals surface area contributed by atoms with Crippen LogP contribution in [0.3, 0.4) is 0 Å². The van der Waals surface area contributed by atoms with Gasteiger partial charge in [-0.2, -0.15) is 0 Å². The van der Waals surface area contributed by atoms with Crippen molar-refractivity contribution in [3.8, 4) is 0 Å². The summed E-state index contributed by atoms with van der Waals surface area (Å²) in [5, 5.41) is 0. The molecule has 0 aliphatic heterocycles. The molecule has 78 valence electrons. The highest BCUT2D eigenvalue weighted by molar-refractivity contribution is 14.1. The zero-order valence-corrected chi connectivity index (χ0v) is 11.1. The summed E-state index contributed by atoms with van der Waals surface area (Å²) in [5.74, 6) is 0. The van der Waals surface area contributed by atoms with Gasteiger partial charge in [-0.25, -0.2) is 4.79 Å². The van der Waals surface area contributed by atoms with E-state index in [1.807, 2.05) is 27.7 Å². The number of hydrogen-bond acceptors (Lipinski definition) is 2. The van der Waals surface area contributed by atoms with E-state index in [9.17, 15) is 4.79 Å². The van der Waals surface area contributed by atoms with Gasteiger partial charge in [-0.15, -0.1) is 0 Å². The van der Waals surface area contributed by atoms with Gasteiger partial charge in [0.05, 0.1) is 4.05 Å². The third-order valence-electron chi connectivity index (χ3n) is 1.44. The zero-order valence-electron chi connectivity index (χ0n) is 8.93. The summed E-state index contributed by atoms with van der Waals surface area (Å²) in [7, 11) is 1.76. The Morgan fingerprint density at radius 3 is 2.31 bits per heavy atom. The second-order valence-electron chi connectivity index (χ2n) is 3.93. The normalized spacial score (nSPS) is 13.7. The van der Waals surface area contributed by atoms with Crippen LogP contribution in [0.1, 0.15) is 34.1 Å². The molecule has 4 heteroatoms. The molecule has 0 bridgehead atoms. The lowest BCUT2D eigenvalue weighted by atomic mass is 10.2. The Hall–Kier alpha value is 0. The Morgan fingerprint density at radius 2 is 2.00 bits per heavy atom. The number of rotatable bonds is 2. The molecule has 0 spiro atoms. The Balaban J connectivity index is 4.12. The van der Waals surface area contributed by atoms with E-state index in [4.69, 9.17) is 4.74 Å². The summed E-state index contributed by atoms with van der Waals surface area (Å²) in [6.07, 6.45) is 0.671. The molecule has 0 saturated heterocycles. The highest BCUT2D eigenvalue weighted by atomic mass is 127. The van der Waals surface area contributed by atoms with Gasteiger partial charge in [-0.1, -0.05) is 29.5 Å². The fraction of sp³-hybridized carbons (Fsp3) is 0.889. The maximum Gasteiger partial charge on any atom is 0.410 e. The van der Waals surface area contributed by atoms with Gasteiger partial charge in [0, 0.05) is 7.05 Å². The summed E-state index contributed by atoms with van der Waals surface area (Å²) in [6, 6.07) is 0. The summed E-state index contributed by atoms with van der Waals surface area (Å²) in [5.41, 5.74) is -0.407. The van der Waals surface area contributed by atoms with Crippen molar-refractivity contribution in [3.05, 3.63) is 0 Å². The highest BCUT2D eigenvalue weighted by Crippen LogP contribution is 2.15. The van der Waals surface area contributed by atoms with Crippen LogP contribution in [0.15, 0.2) is 0 Å². The van der Waals surface area contributed by atoms with Crippen molar-refractivity contribution in [2.24, 2.45) is 0 Å². The van der Waals surface area contributed by atoms with Gasteiger partial charge in [0.1, 0.15) is 5.60 Å². The summed E-state index contributed by atoms with van der Waals surface area (Å²) in [6.45, 7) is 7.64. The lowest BCUT2D eigenvalue weighted by Gasteiger charge is -2.27. The SMILES string of the molecule is CCC(I)N(C)C(=O)OC(C)(C)C. The molecule has 0 N–H and O–H groups in total. The monoisotopic (exact) mass is 299 g/mol. The third-order valence-corrected chi connectivity index (χ3v) is 3.15. The molecule has 1 atom stereocenters. The molecule has 0 fully saturated rings. The van der Waals surface area contributed by atoms with Gasteiger partial charge in [-0.3, -0.25) is 4.90 Å². The van der Waals surface area contributed by atoms with E-state index in [-0.39, 0.29) is 10.1 Å². The number of nitrogens with zero attached hydrogens (tertiary/aromatic N) is 1. The predicted octanol–water partition coefficient (Wildman–Crippen LogP) is 3.02. The maximum absolute atomic E-state index is 11.5. The maximum atomic E-state index is 11.5. The average molecular weight is 299 g/mol. The highest BCUT2D eigenvalue weighted by Gasteiger charge is 2.22. The first-order valence-corrected chi connectivity index (χ1v) is 5.62. The molecule has 0 aromatic rings. The smallest absolute Gasteiger partial charge is 0.410 e. The standard InChI is InChI=1S/C9H18INO2/c1-6-7(10)11(5)8(12)13-9(2,3)4/h7H,6H2,1-5H3. The lowest BCUT2D eigenvalue weighted by molar-refractivity contribution is 0.0287. The van der Waals surface area contributed by atoms with Crippen molar-refractivity contribution in [2.45, 2.75) is 43.8 Å². The first-order chi connectivity index (χ1) is 5.78. The molecule has 0 aromatic heterocycles. The molecule has 0 heterocycles. The molecule has 0 aromatic carbocycles. The van der Waals surface area contributed by atoms with Crippen molar-refractivity contribution in [1.82, 2.24) is 4.90 Å². The number of hydrogen-bond donors (Lipinski definition) is 0. The Kier molecular flexibility index (Phi) is 5.02. The summed E-state index contributed by atoms with van der Waals surface area (Å²) < 4.78 is 5.41. The zero-order chi connectivity index (χ0) is 10.6. The largest absolute Gasteiger partial charge is 0.444 e. The van der Waals surface area contributed by atoms with Gasteiger partial charge in [0.15, 0.2) is 0 Å². The van der Waals surface area contributed by atoms with E-state index >= 15 is 0 Å². The summed E-state index contributed by atoms with van der Waals surface area (Å²) in [4.78, 5) is 13.1. The van der Waals surface area contributed by atoms with Crippen LogP contribution in [0.25, 0.3) is 0 Å². The Bertz CT molecular complexity index is 177. The minimum atomic E-state index is -0.407. The second kappa shape index (κ2) is 5.02. The number of ether oxygens (including phenoxy) is 1. The lowest BCUT2D eigenvalue weighted by Crippen LogP contribution is -2.37. The average Bonchev–Trinajstić information content (AvgIpc) is 1.98. The number of halogens is 1. The molecular weight excluding hydrogens is 281 g/mol. The van der Waals surface area contributed by atoms with Crippen LogP contribution in [0.2, 0.25) is 0 Å². The molecule has 0 aliphatic rings. The van der Waals surface area contributed by atoms with E-state index < -0.39 is 5.60 Å². The van der Waals surface area contributed by atoms with E-state index in [0.717, 1.165) is 6.42 Å². The van der Waals surface area contributed by atoms with Crippen molar-refractivity contribution >= 4 is 28.7 Å². The molecule has 1 unspecified atom stereocenters. The van der Waals surface area contributed by atoms with E-state index in [1.54, 1.807) is 11.9 Å². The van der Waals surface area contributed by atoms with Gasteiger partial charge in [0.25, 0.3) is 0 Å². The van der Waals surface area contributed by atoms with Crippen LogP contribution >= 0.6 is 22.6 Å². The van der Waals surface area contributed by atoms with Crippen LogP contribution in [-0.2, 0) is 4.74 Å². The van der Waals surface area contributed by atoms with Crippen molar-refractivity contribution < 1.29 is 9.53 Å². The molecule has 3 nitrogen and oxygen atoms in total. The van der Waals surface area contributed by atoms with E-state index in [0.29, 0.717) is 0 Å². The first-order valence-electron chi connectivity index (χ1n) is 4.37. The molecule has 1 amide bonds. The van der Waals surface area contributed by atoms with Crippen molar-refractivity contribution in [1.29, 1.82) is 0 Å². The molecule has 0 aliphatic carbocycles. The van der Waals surface area contributed by atoms with Crippen LogP contribution in [-0.4, -0.2) is 27.7 Å². The third kappa shape index (κ3) is 5.33. The molecular formula is C9H18INO2. The Morgan fingerprint density at radius 1 is 1.54 bits per heavy atom. The van der Waals surface area contributed by atoms with E-state index in [1.165, 1.54) is 0 Å². The fourth-order valence-electron chi connectivity index (χ4n) is 0.722. The van der Waals surface area contributed by atoms with Gasteiger partial charge in [-0.05, 0) is 27.2 Å².